The Bertz CT molecular complexity index is 1110. The molecular weight excluding hydrogens is 376 g/mol. The second-order valence-corrected chi connectivity index (χ2v) is 7.74. The third kappa shape index (κ3) is 3.72. The lowest BCUT2D eigenvalue weighted by atomic mass is 10.1. The van der Waals surface area contributed by atoms with E-state index in [2.05, 4.69) is 13.0 Å². The fourth-order valence-corrected chi connectivity index (χ4v) is 4.19. The Labute approximate surface area is 166 Å². The molecule has 0 atom stereocenters. The molecule has 0 saturated carbocycles. The average Bonchev–Trinajstić information content (AvgIpc) is 3.09. The maximum Gasteiger partial charge on any atom is 0.261 e. The van der Waals surface area contributed by atoms with E-state index in [9.17, 15) is 4.79 Å². The van der Waals surface area contributed by atoms with Crippen molar-refractivity contribution < 1.29 is 4.79 Å². The van der Waals surface area contributed by atoms with Crippen molar-refractivity contribution in [1.29, 1.82) is 0 Å². The van der Waals surface area contributed by atoms with Crippen LogP contribution in [0.2, 0.25) is 5.02 Å². The second kappa shape index (κ2) is 7.51. The van der Waals surface area contributed by atoms with E-state index in [0.29, 0.717) is 22.3 Å². The standard InChI is InChI=1S/C22H17ClN2OS/c1-15-11-12-19-20(13-15)27-22(24-19)25(14-16-7-3-2-4-8-16)21(26)17-9-5-6-10-18(17)23/h2-13H,14H2,1H3. The Kier molecular flexibility index (Phi) is 4.92. The van der Waals surface area contributed by atoms with Gasteiger partial charge < -0.3 is 0 Å². The van der Waals surface area contributed by atoms with Crippen LogP contribution in [0.1, 0.15) is 21.5 Å². The molecule has 0 unspecified atom stereocenters. The van der Waals surface area contributed by atoms with Crippen LogP contribution >= 0.6 is 22.9 Å². The number of hydrogen-bond acceptors (Lipinski definition) is 3. The number of nitrogens with zero attached hydrogens (tertiary/aromatic N) is 2. The number of benzene rings is 3. The summed E-state index contributed by atoms with van der Waals surface area (Å²) >= 11 is 7.81. The van der Waals surface area contributed by atoms with Gasteiger partial charge in [-0.3, -0.25) is 9.69 Å². The zero-order valence-corrected chi connectivity index (χ0v) is 16.3. The van der Waals surface area contributed by atoms with Crippen molar-refractivity contribution in [3.8, 4) is 0 Å². The summed E-state index contributed by atoms with van der Waals surface area (Å²) in [5.74, 6) is -0.153. The summed E-state index contributed by atoms with van der Waals surface area (Å²) in [5, 5.41) is 1.11. The lowest BCUT2D eigenvalue weighted by Crippen LogP contribution is -2.30. The molecule has 27 heavy (non-hydrogen) atoms. The zero-order chi connectivity index (χ0) is 18.8. The summed E-state index contributed by atoms with van der Waals surface area (Å²) in [6, 6.07) is 23.1. The Morgan fingerprint density at radius 2 is 1.78 bits per heavy atom. The summed E-state index contributed by atoms with van der Waals surface area (Å²) in [4.78, 5) is 19.7. The number of rotatable bonds is 4. The van der Waals surface area contributed by atoms with Crippen LogP contribution < -0.4 is 4.90 Å². The number of fused-ring (bicyclic) bond motifs is 1. The van der Waals surface area contributed by atoms with Crippen LogP contribution in [0.4, 0.5) is 5.13 Å². The maximum atomic E-state index is 13.3. The van der Waals surface area contributed by atoms with Gasteiger partial charge in [0.05, 0.1) is 27.3 Å². The van der Waals surface area contributed by atoms with Crippen molar-refractivity contribution in [1.82, 2.24) is 4.98 Å². The second-order valence-electron chi connectivity index (χ2n) is 6.32. The average molecular weight is 393 g/mol. The molecule has 0 spiro atoms. The largest absolute Gasteiger partial charge is 0.279 e. The molecule has 0 N–H and O–H groups in total. The molecule has 5 heteroatoms. The van der Waals surface area contributed by atoms with Gasteiger partial charge in [-0.05, 0) is 42.3 Å². The summed E-state index contributed by atoms with van der Waals surface area (Å²) in [6.07, 6.45) is 0. The van der Waals surface area contributed by atoms with E-state index >= 15 is 0 Å². The Hall–Kier alpha value is -2.69. The van der Waals surface area contributed by atoms with Crippen LogP contribution in [0.25, 0.3) is 10.2 Å². The van der Waals surface area contributed by atoms with Gasteiger partial charge >= 0.3 is 0 Å². The first-order valence-corrected chi connectivity index (χ1v) is 9.79. The molecular formula is C22H17ClN2OS. The lowest BCUT2D eigenvalue weighted by Gasteiger charge is -2.20. The highest BCUT2D eigenvalue weighted by Crippen LogP contribution is 2.32. The number of hydrogen-bond donors (Lipinski definition) is 0. The highest BCUT2D eigenvalue weighted by Gasteiger charge is 2.23. The first-order valence-electron chi connectivity index (χ1n) is 8.59. The molecule has 3 nitrogen and oxygen atoms in total. The van der Waals surface area contributed by atoms with Crippen LogP contribution in [0.15, 0.2) is 72.8 Å². The van der Waals surface area contributed by atoms with E-state index in [1.807, 2.05) is 54.6 Å². The molecule has 0 saturated heterocycles. The smallest absolute Gasteiger partial charge is 0.261 e. The van der Waals surface area contributed by atoms with Gasteiger partial charge in [0.2, 0.25) is 0 Å². The minimum Gasteiger partial charge on any atom is -0.279 e. The molecule has 134 valence electrons. The van der Waals surface area contributed by atoms with Gasteiger partial charge in [0.1, 0.15) is 0 Å². The number of thiazole rings is 1. The van der Waals surface area contributed by atoms with Gasteiger partial charge in [-0.25, -0.2) is 4.98 Å². The van der Waals surface area contributed by atoms with E-state index in [4.69, 9.17) is 16.6 Å². The van der Waals surface area contributed by atoms with Crippen molar-refractivity contribution in [2.75, 3.05) is 4.90 Å². The van der Waals surface area contributed by atoms with Gasteiger partial charge in [0.15, 0.2) is 5.13 Å². The molecule has 0 aliphatic carbocycles. The molecule has 1 heterocycles. The van der Waals surface area contributed by atoms with Gasteiger partial charge in [-0.1, -0.05) is 71.5 Å². The molecule has 0 bridgehead atoms. The fraction of sp³-hybridized carbons (Fsp3) is 0.0909. The number of anilines is 1. The number of halogens is 1. The minimum absolute atomic E-state index is 0.153. The van der Waals surface area contributed by atoms with Crippen molar-refractivity contribution in [3.63, 3.8) is 0 Å². The van der Waals surface area contributed by atoms with Gasteiger partial charge in [0.25, 0.3) is 5.91 Å². The maximum absolute atomic E-state index is 13.3. The Morgan fingerprint density at radius 1 is 1.04 bits per heavy atom. The van der Waals surface area contributed by atoms with E-state index < -0.39 is 0 Å². The van der Waals surface area contributed by atoms with Crippen LogP contribution in [0.5, 0.6) is 0 Å². The van der Waals surface area contributed by atoms with Crippen molar-refractivity contribution in [2.24, 2.45) is 0 Å². The molecule has 1 amide bonds. The van der Waals surface area contributed by atoms with E-state index in [0.717, 1.165) is 15.8 Å². The van der Waals surface area contributed by atoms with Crippen molar-refractivity contribution in [3.05, 3.63) is 94.5 Å². The Morgan fingerprint density at radius 3 is 2.56 bits per heavy atom. The van der Waals surface area contributed by atoms with E-state index in [-0.39, 0.29) is 5.91 Å². The third-order valence-corrected chi connectivity index (χ3v) is 5.67. The number of amides is 1. The fourth-order valence-electron chi connectivity index (χ4n) is 2.91. The zero-order valence-electron chi connectivity index (χ0n) is 14.7. The van der Waals surface area contributed by atoms with Crippen LogP contribution in [-0.4, -0.2) is 10.9 Å². The molecule has 4 aromatic rings. The highest BCUT2D eigenvalue weighted by atomic mass is 35.5. The number of carbonyl (C=O) groups excluding carboxylic acids is 1. The van der Waals surface area contributed by atoms with Gasteiger partial charge in [0, 0.05) is 0 Å². The predicted octanol–water partition coefficient (Wildman–Crippen LogP) is 6.11. The molecule has 0 aliphatic rings. The molecule has 0 fully saturated rings. The van der Waals surface area contributed by atoms with E-state index in [1.54, 1.807) is 17.0 Å². The SMILES string of the molecule is Cc1ccc2nc(N(Cc3ccccc3)C(=O)c3ccccc3Cl)sc2c1. The summed E-state index contributed by atoms with van der Waals surface area (Å²) in [7, 11) is 0. The topological polar surface area (TPSA) is 33.2 Å². The monoisotopic (exact) mass is 392 g/mol. The summed E-state index contributed by atoms with van der Waals surface area (Å²) in [5.41, 5.74) is 3.58. The van der Waals surface area contributed by atoms with Crippen LogP contribution in [0.3, 0.4) is 0 Å². The molecule has 4 rings (SSSR count). The minimum atomic E-state index is -0.153. The quantitative estimate of drug-likeness (QED) is 0.420. The molecule has 0 aliphatic heterocycles. The normalized spacial score (nSPS) is 10.9. The number of aromatic nitrogens is 1. The van der Waals surface area contributed by atoms with E-state index in [1.165, 1.54) is 16.9 Å². The lowest BCUT2D eigenvalue weighted by molar-refractivity contribution is 0.0985. The van der Waals surface area contributed by atoms with Crippen molar-refractivity contribution >= 4 is 44.2 Å². The van der Waals surface area contributed by atoms with Gasteiger partial charge in [-0.2, -0.15) is 0 Å². The Balaban J connectivity index is 1.79. The molecule has 3 aromatic carbocycles. The summed E-state index contributed by atoms with van der Waals surface area (Å²) in [6.45, 7) is 2.49. The third-order valence-electron chi connectivity index (χ3n) is 4.30. The van der Waals surface area contributed by atoms with Gasteiger partial charge in [-0.15, -0.1) is 0 Å². The highest BCUT2D eigenvalue weighted by molar-refractivity contribution is 7.22. The predicted molar refractivity (Wildman–Crippen MR) is 113 cm³/mol. The van der Waals surface area contributed by atoms with Crippen molar-refractivity contribution in [2.45, 2.75) is 13.5 Å². The van der Waals surface area contributed by atoms with Crippen LogP contribution in [-0.2, 0) is 6.54 Å². The molecule has 1 aromatic heterocycles. The number of aryl methyl sites for hydroxylation is 1. The molecule has 0 radical (unpaired) electrons. The van der Waals surface area contributed by atoms with Crippen LogP contribution in [0, 0.1) is 6.92 Å². The number of carbonyl (C=O) groups is 1. The first-order chi connectivity index (χ1) is 13.1. The summed E-state index contributed by atoms with van der Waals surface area (Å²) < 4.78 is 1.06. The first kappa shape index (κ1) is 17.7.